The zero-order chi connectivity index (χ0) is 29.3. The Morgan fingerprint density at radius 1 is 1.05 bits per heavy atom. The second-order valence-electron chi connectivity index (χ2n) is 9.13. The number of nitrogens with zero attached hydrogens (tertiary/aromatic N) is 4. The van der Waals surface area contributed by atoms with E-state index in [1.54, 1.807) is 0 Å². The largest absolute Gasteiger partial charge is 0.433 e. The van der Waals surface area contributed by atoms with Crippen molar-refractivity contribution in [3.8, 4) is 11.3 Å². The van der Waals surface area contributed by atoms with Gasteiger partial charge in [-0.1, -0.05) is 6.92 Å². The van der Waals surface area contributed by atoms with Gasteiger partial charge in [0.15, 0.2) is 0 Å². The van der Waals surface area contributed by atoms with Gasteiger partial charge in [0.2, 0.25) is 15.9 Å². The van der Waals surface area contributed by atoms with Crippen LogP contribution in [0.3, 0.4) is 0 Å². The van der Waals surface area contributed by atoms with E-state index in [1.807, 2.05) is 0 Å². The topological polar surface area (TPSA) is 105 Å². The fourth-order valence-corrected chi connectivity index (χ4v) is 5.95. The minimum atomic E-state index is -4.61. The molecule has 1 aliphatic rings. The van der Waals surface area contributed by atoms with Crippen LogP contribution in [-0.4, -0.2) is 52.1 Å². The van der Waals surface area contributed by atoms with Gasteiger partial charge in [-0.25, -0.2) is 31.6 Å². The molecule has 3 heterocycles. The van der Waals surface area contributed by atoms with Crippen LogP contribution in [0.15, 0.2) is 59.9 Å². The first-order valence-corrected chi connectivity index (χ1v) is 13.4. The molecule has 0 saturated carbocycles. The molecule has 1 aliphatic heterocycles. The van der Waals surface area contributed by atoms with Gasteiger partial charge in [0.1, 0.15) is 23.9 Å². The number of hydrogen-bond acceptors (Lipinski definition) is 6. The minimum Gasteiger partial charge on any atom is -0.349 e. The van der Waals surface area contributed by atoms with Gasteiger partial charge < -0.3 is 5.32 Å². The second kappa shape index (κ2) is 11.1. The molecular formula is C25H23F6N5O3S. The van der Waals surface area contributed by atoms with Crippen molar-refractivity contribution in [2.45, 2.75) is 49.3 Å². The van der Waals surface area contributed by atoms with Gasteiger partial charge in [-0.2, -0.15) is 17.5 Å². The number of amides is 1. The molecule has 214 valence electrons. The van der Waals surface area contributed by atoms with Crippen molar-refractivity contribution in [1.82, 2.24) is 24.6 Å². The van der Waals surface area contributed by atoms with E-state index in [2.05, 4.69) is 20.3 Å². The summed E-state index contributed by atoms with van der Waals surface area (Å²) in [7, 11) is -4.43. The third-order valence-electron chi connectivity index (χ3n) is 6.56. The molecule has 3 aromatic rings. The Morgan fingerprint density at radius 3 is 2.35 bits per heavy atom. The summed E-state index contributed by atoms with van der Waals surface area (Å²) in [5.74, 6) is -6.21. The van der Waals surface area contributed by atoms with Gasteiger partial charge in [0.25, 0.3) is 5.92 Å². The summed E-state index contributed by atoms with van der Waals surface area (Å²) in [5.41, 5.74) is -0.398. The monoisotopic (exact) mass is 587 g/mol. The molecule has 1 fully saturated rings. The van der Waals surface area contributed by atoms with E-state index < -0.39 is 70.9 Å². The molecule has 4 rings (SSSR count). The standard InChI is InChI=1S/C25H23F6N5O3S/c1-2-24(27,28)16-9-21(36(13-16)40(38,39)19-6-4-17(26)5-7-19)23(37)33-12-18-10-20(35-14-34-18)15-3-8-22(32-11-15)25(29,30)31/h3-8,10-11,14,16,21H,2,9,12-13H2,1H3,(H,33,37). The second-order valence-corrected chi connectivity index (χ2v) is 11.0. The number of halogens is 6. The maximum absolute atomic E-state index is 14.6. The highest BCUT2D eigenvalue weighted by Crippen LogP contribution is 2.40. The van der Waals surface area contributed by atoms with Crippen LogP contribution in [0.4, 0.5) is 26.3 Å². The first-order chi connectivity index (χ1) is 18.7. The molecule has 15 heteroatoms. The maximum Gasteiger partial charge on any atom is 0.433 e. The van der Waals surface area contributed by atoms with Gasteiger partial charge in [0.05, 0.1) is 22.8 Å². The highest BCUT2D eigenvalue weighted by atomic mass is 32.2. The smallest absolute Gasteiger partial charge is 0.349 e. The van der Waals surface area contributed by atoms with Crippen LogP contribution in [0.25, 0.3) is 11.3 Å². The van der Waals surface area contributed by atoms with Gasteiger partial charge in [-0.3, -0.25) is 9.78 Å². The third-order valence-corrected chi connectivity index (χ3v) is 8.45. The Balaban J connectivity index is 1.53. The van der Waals surface area contributed by atoms with Crippen molar-refractivity contribution in [2.24, 2.45) is 5.92 Å². The van der Waals surface area contributed by atoms with E-state index in [0.29, 0.717) is 4.31 Å². The van der Waals surface area contributed by atoms with E-state index >= 15 is 0 Å². The fraction of sp³-hybridized carbons (Fsp3) is 0.360. The summed E-state index contributed by atoms with van der Waals surface area (Å²) in [6, 6.07) is 5.68. The molecule has 1 N–H and O–H groups in total. The summed E-state index contributed by atoms with van der Waals surface area (Å²) in [4.78, 5) is 24.1. The number of aromatic nitrogens is 3. The van der Waals surface area contributed by atoms with E-state index in [-0.39, 0.29) is 28.4 Å². The number of carbonyl (C=O) groups is 1. The van der Waals surface area contributed by atoms with Crippen molar-refractivity contribution >= 4 is 15.9 Å². The van der Waals surface area contributed by atoms with Gasteiger partial charge in [-0.15, -0.1) is 0 Å². The predicted octanol–water partition coefficient (Wildman–Crippen LogP) is 4.44. The number of alkyl halides is 5. The molecule has 1 saturated heterocycles. The van der Waals surface area contributed by atoms with E-state index in [0.717, 1.165) is 42.9 Å². The Morgan fingerprint density at radius 2 is 1.75 bits per heavy atom. The van der Waals surface area contributed by atoms with Gasteiger partial charge in [0, 0.05) is 30.6 Å². The van der Waals surface area contributed by atoms with Crippen molar-refractivity contribution in [3.63, 3.8) is 0 Å². The summed E-state index contributed by atoms with van der Waals surface area (Å²) in [5, 5.41) is 2.50. The van der Waals surface area contributed by atoms with Crippen LogP contribution in [0.2, 0.25) is 0 Å². The van der Waals surface area contributed by atoms with Gasteiger partial charge in [-0.05, 0) is 48.9 Å². The van der Waals surface area contributed by atoms with Crippen molar-refractivity contribution in [2.75, 3.05) is 6.54 Å². The lowest BCUT2D eigenvalue weighted by Gasteiger charge is -2.24. The highest BCUT2D eigenvalue weighted by molar-refractivity contribution is 7.89. The number of hydrogen-bond donors (Lipinski definition) is 1. The predicted molar refractivity (Wildman–Crippen MR) is 130 cm³/mol. The molecule has 2 atom stereocenters. The van der Waals surface area contributed by atoms with Crippen molar-refractivity contribution in [3.05, 3.63) is 72.2 Å². The van der Waals surface area contributed by atoms with Crippen LogP contribution >= 0.6 is 0 Å². The minimum absolute atomic E-state index is 0.213. The van der Waals surface area contributed by atoms with Crippen LogP contribution in [0.1, 0.15) is 31.2 Å². The van der Waals surface area contributed by atoms with Crippen LogP contribution in [-0.2, 0) is 27.5 Å². The normalized spacial score (nSPS) is 18.6. The molecule has 0 bridgehead atoms. The Labute approximate surface area is 225 Å². The lowest BCUT2D eigenvalue weighted by Crippen LogP contribution is -2.45. The zero-order valence-corrected chi connectivity index (χ0v) is 21.7. The Hall–Kier alpha value is -3.59. The number of benzene rings is 1. The molecule has 1 aromatic carbocycles. The number of pyridine rings is 1. The summed E-state index contributed by atoms with van der Waals surface area (Å²) in [6.45, 7) is 0.389. The third kappa shape index (κ3) is 6.25. The molecule has 0 aliphatic carbocycles. The molecular weight excluding hydrogens is 564 g/mol. The van der Waals surface area contributed by atoms with Crippen LogP contribution in [0, 0.1) is 11.7 Å². The zero-order valence-electron chi connectivity index (χ0n) is 20.9. The highest BCUT2D eigenvalue weighted by Gasteiger charge is 2.51. The number of carbonyl (C=O) groups excluding carboxylic acids is 1. The molecule has 0 radical (unpaired) electrons. The lowest BCUT2D eigenvalue weighted by atomic mass is 9.96. The van der Waals surface area contributed by atoms with E-state index in [1.165, 1.54) is 19.1 Å². The van der Waals surface area contributed by atoms with Gasteiger partial charge >= 0.3 is 6.18 Å². The fourth-order valence-electron chi connectivity index (χ4n) is 4.31. The van der Waals surface area contributed by atoms with Crippen molar-refractivity contribution in [1.29, 1.82) is 0 Å². The molecule has 40 heavy (non-hydrogen) atoms. The summed E-state index contributed by atoms with van der Waals surface area (Å²) in [6.07, 6.45) is -3.51. The van der Waals surface area contributed by atoms with E-state index in [9.17, 15) is 39.6 Å². The number of sulfonamides is 1. The summed E-state index contributed by atoms with van der Waals surface area (Å²) >= 11 is 0. The SMILES string of the molecule is CCC(F)(F)C1CC(C(=O)NCc2cc(-c3ccc(C(F)(F)F)nc3)ncn2)N(S(=O)(=O)c2ccc(F)cc2)C1. The average molecular weight is 588 g/mol. The summed E-state index contributed by atoms with van der Waals surface area (Å²) < 4.78 is 108. The first kappa shape index (κ1) is 29.4. The average Bonchev–Trinajstić information content (AvgIpc) is 3.40. The lowest BCUT2D eigenvalue weighted by molar-refractivity contribution is -0.141. The molecule has 2 aromatic heterocycles. The van der Waals surface area contributed by atoms with Crippen LogP contribution in [0.5, 0.6) is 0 Å². The van der Waals surface area contributed by atoms with Crippen LogP contribution < -0.4 is 5.32 Å². The molecule has 8 nitrogen and oxygen atoms in total. The first-order valence-electron chi connectivity index (χ1n) is 12.0. The molecule has 0 spiro atoms. The number of rotatable bonds is 8. The molecule has 2 unspecified atom stereocenters. The van der Waals surface area contributed by atoms with Crippen molar-refractivity contribution < 1.29 is 39.6 Å². The van der Waals surface area contributed by atoms with E-state index in [4.69, 9.17) is 0 Å². The maximum atomic E-state index is 14.6. The number of nitrogens with one attached hydrogen (secondary N) is 1. The molecule has 1 amide bonds. The Kier molecular flexibility index (Phi) is 8.17. The quantitative estimate of drug-likeness (QED) is 0.391. The Bertz CT molecular complexity index is 1470.